The topological polar surface area (TPSA) is 66.6 Å². The standard InChI is InChI=1S/C12H16N2O2/c1-8(14(16)12(13)15)10-7-11(10)9-5-3-2-4-6-9/h2-6,8,10-11,16H,7H2,1H3,(H2,13,15)/t8?,10-,11+/m0/s1. The van der Waals surface area contributed by atoms with Crippen LogP contribution in [0.2, 0.25) is 0 Å². The van der Waals surface area contributed by atoms with Crippen molar-refractivity contribution in [1.82, 2.24) is 5.06 Å². The quantitative estimate of drug-likeness (QED) is 0.604. The largest absolute Gasteiger partial charge is 0.350 e. The van der Waals surface area contributed by atoms with Crippen molar-refractivity contribution in [3.05, 3.63) is 35.9 Å². The highest BCUT2D eigenvalue weighted by Crippen LogP contribution is 2.50. The normalized spacial score (nSPS) is 24.9. The molecule has 1 saturated carbocycles. The van der Waals surface area contributed by atoms with Gasteiger partial charge in [0.05, 0.1) is 6.04 Å². The number of carbonyl (C=O) groups is 1. The highest BCUT2D eigenvalue weighted by Gasteiger charge is 2.44. The molecule has 86 valence electrons. The lowest BCUT2D eigenvalue weighted by molar-refractivity contribution is -0.0760. The van der Waals surface area contributed by atoms with Crippen molar-refractivity contribution in [2.24, 2.45) is 11.7 Å². The number of nitrogens with zero attached hydrogens (tertiary/aromatic N) is 1. The van der Waals surface area contributed by atoms with Gasteiger partial charge in [-0.05, 0) is 30.7 Å². The Morgan fingerprint density at radius 1 is 1.50 bits per heavy atom. The summed E-state index contributed by atoms with van der Waals surface area (Å²) in [6.07, 6.45) is 0.996. The van der Waals surface area contributed by atoms with E-state index in [2.05, 4.69) is 12.1 Å². The van der Waals surface area contributed by atoms with Gasteiger partial charge in [-0.2, -0.15) is 0 Å². The summed E-state index contributed by atoms with van der Waals surface area (Å²) in [5, 5.41) is 10.1. The van der Waals surface area contributed by atoms with E-state index < -0.39 is 6.03 Å². The highest BCUT2D eigenvalue weighted by atomic mass is 16.5. The van der Waals surface area contributed by atoms with Crippen molar-refractivity contribution < 1.29 is 10.0 Å². The fourth-order valence-electron chi connectivity index (χ4n) is 2.21. The molecule has 1 aromatic carbocycles. The van der Waals surface area contributed by atoms with Gasteiger partial charge < -0.3 is 5.73 Å². The zero-order valence-electron chi connectivity index (χ0n) is 9.21. The van der Waals surface area contributed by atoms with Crippen LogP contribution in [0.5, 0.6) is 0 Å². The SMILES string of the molecule is CC([C@@H]1C[C@@H]1c1ccccc1)N(O)C(N)=O. The molecule has 2 amide bonds. The molecule has 3 N–H and O–H groups in total. The smallest absolute Gasteiger partial charge is 0.338 e. The first-order chi connectivity index (χ1) is 7.61. The minimum atomic E-state index is -0.786. The molecule has 1 aliphatic rings. The molecule has 3 atom stereocenters. The first-order valence-corrected chi connectivity index (χ1v) is 5.43. The van der Waals surface area contributed by atoms with Crippen LogP contribution < -0.4 is 5.73 Å². The van der Waals surface area contributed by atoms with Gasteiger partial charge in [-0.25, -0.2) is 9.86 Å². The number of urea groups is 1. The van der Waals surface area contributed by atoms with Crippen LogP contribution in [0.1, 0.15) is 24.8 Å². The summed E-state index contributed by atoms with van der Waals surface area (Å²) < 4.78 is 0. The van der Waals surface area contributed by atoms with Gasteiger partial charge in [-0.3, -0.25) is 5.21 Å². The van der Waals surface area contributed by atoms with E-state index in [1.165, 1.54) is 5.56 Å². The van der Waals surface area contributed by atoms with Crippen molar-refractivity contribution in [3.8, 4) is 0 Å². The first kappa shape index (κ1) is 11.0. The average molecular weight is 220 g/mol. The fourth-order valence-corrected chi connectivity index (χ4v) is 2.21. The van der Waals surface area contributed by atoms with Crippen LogP contribution in [0.3, 0.4) is 0 Å². The second-order valence-corrected chi connectivity index (χ2v) is 4.34. The molecule has 1 fully saturated rings. The van der Waals surface area contributed by atoms with Crippen LogP contribution in [-0.2, 0) is 0 Å². The molecule has 4 nitrogen and oxygen atoms in total. The third kappa shape index (κ3) is 2.02. The molecule has 1 aliphatic carbocycles. The van der Waals surface area contributed by atoms with E-state index in [0.717, 1.165) is 6.42 Å². The van der Waals surface area contributed by atoms with Crippen LogP contribution in [0.15, 0.2) is 30.3 Å². The molecule has 0 radical (unpaired) electrons. The summed E-state index contributed by atoms with van der Waals surface area (Å²) in [4.78, 5) is 10.8. The second kappa shape index (κ2) is 4.14. The Morgan fingerprint density at radius 3 is 2.69 bits per heavy atom. The van der Waals surface area contributed by atoms with Gasteiger partial charge in [0.1, 0.15) is 0 Å². The molecular weight excluding hydrogens is 204 g/mol. The number of carbonyl (C=O) groups excluding carboxylic acids is 1. The third-order valence-corrected chi connectivity index (χ3v) is 3.30. The van der Waals surface area contributed by atoms with Gasteiger partial charge in [0, 0.05) is 0 Å². The molecule has 1 aromatic rings. The summed E-state index contributed by atoms with van der Waals surface area (Å²) >= 11 is 0. The van der Waals surface area contributed by atoms with Crippen molar-refractivity contribution in [1.29, 1.82) is 0 Å². The van der Waals surface area contributed by atoms with E-state index in [1.54, 1.807) is 0 Å². The van der Waals surface area contributed by atoms with Gasteiger partial charge in [-0.15, -0.1) is 0 Å². The Balaban J connectivity index is 1.99. The molecule has 0 bridgehead atoms. The van der Waals surface area contributed by atoms with E-state index in [4.69, 9.17) is 5.73 Å². The zero-order chi connectivity index (χ0) is 11.7. The predicted molar refractivity (Wildman–Crippen MR) is 60.0 cm³/mol. The average Bonchev–Trinajstić information content (AvgIpc) is 3.08. The number of hydrogen-bond donors (Lipinski definition) is 2. The number of hydrogen-bond acceptors (Lipinski definition) is 2. The summed E-state index contributed by atoms with van der Waals surface area (Å²) in [5.74, 6) is 0.741. The lowest BCUT2D eigenvalue weighted by atomic mass is 10.1. The summed E-state index contributed by atoms with van der Waals surface area (Å²) in [7, 11) is 0. The second-order valence-electron chi connectivity index (χ2n) is 4.34. The maximum Gasteiger partial charge on any atom is 0.338 e. The molecule has 16 heavy (non-hydrogen) atoms. The van der Waals surface area contributed by atoms with Crippen LogP contribution >= 0.6 is 0 Å². The van der Waals surface area contributed by atoms with E-state index >= 15 is 0 Å². The molecule has 2 rings (SSSR count). The Morgan fingerprint density at radius 2 is 2.12 bits per heavy atom. The molecular formula is C12H16N2O2. The monoisotopic (exact) mass is 220 g/mol. The molecule has 0 spiro atoms. The van der Waals surface area contributed by atoms with Gasteiger partial charge >= 0.3 is 6.03 Å². The van der Waals surface area contributed by atoms with Gasteiger partial charge in [0.25, 0.3) is 0 Å². The number of hydroxylamine groups is 2. The van der Waals surface area contributed by atoms with E-state index in [0.29, 0.717) is 16.9 Å². The maximum atomic E-state index is 10.8. The molecule has 1 unspecified atom stereocenters. The lowest BCUT2D eigenvalue weighted by Crippen LogP contribution is -2.40. The molecule has 0 saturated heterocycles. The van der Waals surface area contributed by atoms with Gasteiger partial charge in [-0.1, -0.05) is 30.3 Å². The number of rotatable bonds is 3. The summed E-state index contributed by atoms with van der Waals surface area (Å²) in [6.45, 7) is 1.82. The molecule has 0 aliphatic heterocycles. The lowest BCUT2D eigenvalue weighted by Gasteiger charge is -2.20. The van der Waals surface area contributed by atoms with Crippen molar-refractivity contribution in [3.63, 3.8) is 0 Å². The minimum Gasteiger partial charge on any atom is -0.350 e. The summed E-state index contributed by atoms with van der Waals surface area (Å²) in [6, 6.07) is 9.12. The Kier molecular flexibility index (Phi) is 2.83. The van der Waals surface area contributed by atoms with Crippen LogP contribution in [-0.4, -0.2) is 22.3 Å². The van der Waals surface area contributed by atoms with Crippen LogP contribution in [0, 0.1) is 5.92 Å². The molecule has 0 heterocycles. The Hall–Kier alpha value is -1.55. The predicted octanol–water partition coefficient (Wildman–Crippen LogP) is 1.95. The van der Waals surface area contributed by atoms with E-state index in [9.17, 15) is 10.0 Å². The number of amides is 2. The third-order valence-electron chi connectivity index (χ3n) is 3.30. The van der Waals surface area contributed by atoms with Crippen LogP contribution in [0.4, 0.5) is 4.79 Å². The van der Waals surface area contributed by atoms with Crippen molar-refractivity contribution in [2.45, 2.75) is 25.3 Å². The Bertz CT molecular complexity index is 380. The number of nitrogens with two attached hydrogens (primary N) is 1. The first-order valence-electron chi connectivity index (χ1n) is 5.43. The van der Waals surface area contributed by atoms with Gasteiger partial charge in [0.15, 0.2) is 0 Å². The fraction of sp³-hybridized carbons (Fsp3) is 0.417. The van der Waals surface area contributed by atoms with E-state index in [-0.39, 0.29) is 6.04 Å². The molecule has 0 aromatic heterocycles. The van der Waals surface area contributed by atoms with Crippen LogP contribution in [0.25, 0.3) is 0 Å². The highest BCUT2D eigenvalue weighted by molar-refractivity contribution is 5.71. The number of primary amides is 1. The van der Waals surface area contributed by atoms with Crippen molar-refractivity contribution in [2.75, 3.05) is 0 Å². The minimum absolute atomic E-state index is 0.220. The van der Waals surface area contributed by atoms with E-state index in [1.807, 2.05) is 25.1 Å². The van der Waals surface area contributed by atoms with Crippen molar-refractivity contribution >= 4 is 6.03 Å². The Labute approximate surface area is 94.6 Å². The zero-order valence-corrected chi connectivity index (χ0v) is 9.21. The maximum absolute atomic E-state index is 10.8. The number of benzene rings is 1. The van der Waals surface area contributed by atoms with Gasteiger partial charge in [0.2, 0.25) is 0 Å². The molecule has 4 heteroatoms. The summed E-state index contributed by atoms with van der Waals surface area (Å²) in [5.41, 5.74) is 6.28.